The monoisotopic (exact) mass is 538 g/mol. The molecule has 0 bridgehead atoms. The molecular weight excluding hydrogens is 512 g/mol. The number of furan rings is 1. The average Bonchev–Trinajstić information content (AvgIpc) is 3.49. The number of nitrogens with zero attached hydrogens (tertiary/aromatic N) is 2. The van der Waals surface area contributed by atoms with E-state index in [0.717, 1.165) is 4.57 Å². The van der Waals surface area contributed by atoms with E-state index in [1.807, 2.05) is 6.92 Å². The minimum Gasteiger partial charge on any atom is -0.494 e. The second kappa shape index (κ2) is 11.6. The molecule has 3 aromatic carbocycles. The number of para-hydroxylation sites is 1. The Morgan fingerprint density at radius 1 is 0.925 bits per heavy atom. The largest absolute Gasteiger partial charge is 0.494 e. The lowest BCUT2D eigenvalue weighted by Crippen LogP contribution is -2.41. The Bertz CT molecular complexity index is 1770. The smallest absolute Gasteiger partial charge is 0.336 e. The topological polar surface area (TPSA) is 125 Å². The molecule has 10 nitrogen and oxygen atoms in total. The summed E-state index contributed by atoms with van der Waals surface area (Å²) in [6, 6.07) is 23.2. The molecule has 0 radical (unpaired) electrons. The van der Waals surface area contributed by atoms with Crippen LogP contribution < -0.4 is 26.6 Å². The number of nitrogens with one attached hydrogen (secondary N) is 2. The van der Waals surface area contributed by atoms with Gasteiger partial charge in [0.25, 0.3) is 11.5 Å². The van der Waals surface area contributed by atoms with Gasteiger partial charge in [0.2, 0.25) is 5.91 Å². The van der Waals surface area contributed by atoms with Crippen molar-refractivity contribution >= 4 is 28.4 Å². The van der Waals surface area contributed by atoms with E-state index in [1.165, 1.54) is 29.0 Å². The van der Waals surface area contributed by atoms with Crippen LogP contribution in [-0.4, -0.2) is 27.6 Å². The molecule has 0 aliphatic rings. The van der Waals surface area contributed by atoms with Crippen molar-refractivity contribution in [2.24, 2.45) is 0 Å². The summed E-state index contributed by atoms with van der Waals surface area (Å²) in [5.74, 6) is 0.320. The fourth-order valence-electron chi connectivity index (χ4n) is 4.29. The highest BCUT2D eigenvalue weighted by Crippen LogP contribution is 2.17. The molecule has 202 valence electrons. The number of rotatable bonds is 9. The molecule has 0 unspecified atom stereocenters. The maximum atomic E-state index is 13.7. The Morgan fingerprint density at radius 3 is 2.40 bits per heavy atom. The first-order valence-electron chi connectivity index (χ1n) is 12.6. The standard InChI is InChI=1S/C30H26N4O6/c1-2-39-23-13-11-21(12-14-23)32-27(35)19-33-26-17-20(28(36)31-18-24-9-6-16-40-24)10-15-25(26)29(37)34(30(33)38)22-7-4-3-5-8-22/h3-17H,2,18-19H2,1H3,(H,31,36)(H,32,35). The Labute approximate surface area is 228 Å². The summed E-state index contributed by atoms with van der Waals surface area (Å²) in [6.45, 7) is 2.16. The third kappa shape index (κ3) is 5.56. The van der Waals surface area contributed by atoms with Crippen LogP contribution >= 0.6 is 0 Å². The molecule has 5 rings (SSSR count). The molecule has 0 saturated heterocycles. The highest BCUT2D eigenvalue weighted by molar-refractivity contribution is 5.98. The van der Waals surface area contributed by atoms with Gasteiger partial charge in [0, 0.05) is 11.3 Å². The molecule has 2 amide bonds. The molecule has 2 aromatic heterocycles. The number of ether oxygens (including phenoxy) is 1. The molecule has 0 fully saturated rings. The molecule has 5 aromatic rings. The van der Waals surface area contributed by atoms with Gasteiger partial charge in [-0.3, -0.25) is 19.0 Å². The average molecular weight is 539 g/mol. The maximum Gasteiger partial charge on any atom is 0.336 e. The van der Waals surface area contributed by atoms with Crippen molar-refractivity contribution in [1.29, 1.82) is 0 Å². The number of benzene rings is 3. The summed E-state index contributed by atoms with van der Waals surface area (Å²) >= 11 is 0. The Morgan fingerprint density at radius 2 is 1.70 bits per heavy atom. The lowest BCUT2D eigenvalue weighted by Gasteiger charge is -2.15. The quantitative estimate of drug-likeness (QED) is 0.295. The van der Waals surface area contributed by atoms with Crippen molar-refractivity contribution in [1.82, 2.24) is 14.5 Å². The first-order chi connectivity index (χ1) is 19.4. The second-order valence-electron chi connectivity index (χ2n) is 8.84. The fourth-order valence-corrected chi connectivity index (χ4v) is 4.29. The maximum absolute atomic E-state index is 13.7. The molecule has 10 heteroatoms. The molecule has 0 atom stereocenters. The number of hydrogen-bond donors (Lipinski definition) is 2. The van der Waals surface area contributed by atoms with E-state index in [1.54, 1.807) is 66.7 Å². The van der Waals surface area contributed by atoms with Crippen LogP contribution in [-0.2, 0) is 17.9 Å². The van der Waals surface area contributed by atoms with E-state index in [0.29, 0.717) is 29.5 Å². The zero-order valence-corrected chi connectivity index (χ0v) is 21.6. The van der Waals surface area contributed by atoms with Crippen molar-refractivity contribution in [3.63, 3.8) is 0 Å². The highest BCUT2D eigenvalue weighted by atomic mass is 16.5. The van der Waals surface area contributed by atoms with E-state index in [9.17, 15) is 19.2 Å². The Kier molecular flexibility index (Phi) is 7.58. The molecule has 0 spiro atoms. The predicted octanol–water partition coefficient (Wildman–Crippen LogP) is 3.71. The lowest BCUT2D eigenvalue weighted by molar-refractivity contribution is -0.116. The van der Waals surface area contributed by atoms with Crippen molar-refractivity contribution in [3.8, 4) is 11.4 Å². The van der Waals surface area contributed by atoms with Gasteiger partial charge in [-0.15, -0.1) is 0 Å². The van der Waals surface area contributed by atoms with Crippen LogP contribution in [0.1, 0.15) is 23.0 Å². The fraction of sp³-hybridized carbons (Fsp3) is 0.133. The van der Waals surface area contributed by atoms with Crippen LogP contribution in [0.3, 0.4) is 0 Å². The summed E-state index contributed by atoms with van der Waals surface area (Å²) in [6.07, 6.45) is 1.51. The minimum atomic E-state index is -0.710. The zero-order valence-electron chi connectivity index (χ0n) is 21.6. The van der Waals surface area contributed by atoms with Gasteiger partial charge >= 0.3 is 5.69 Å². The van der Waals surface area contributed by atoms with Gasteiger partial charge in [0.1, 0.15) is 18.1 Å². The normalized spacial score (nSPS) is 10.8. The van der Waals surface area contributed by atoms with Crippen molar-refractivity contribution in [2.75, 3.05) is 11.9 Å². The number of amides is 2. The number of aromatic nitrogens is 2. The molecule has 2 N–H and O–H groups in total. The number of hydrogen-bond acceptors (Lipinski definition) is 6. The number of carbonyl (C=O) groups is 2. The Balaban J connectivity index is 1.53. The van der Waals surface area contributed by atoms with Gasteiger partial charge in [-0.05, 0) is 73.7 Å². The number of carbonyl (C=O) groups excluding carboxylic acids is 2. The van der Waals surface area contributed by atoms with Crippen molar-refractivity contribution < 1.29 is 18.7 Å². The van der Waals surface area contributed by atoms with E-state index >= 15 is 0 Å². The highest BCUT2D eigenvalue weighted by Gasteiger charge is 2.19. The Hall–Kier alpha value is -5.38. The zero-order chi connectivity index (χ0) is 28.1. The van der Waals surface area contributed by atoms with E-state index < -0.39 is 29.6 Å². The second-order valence-corrected chi connectivity index (χ2v) is 8.84. The van der Waals surface area contributed by atoms with Gasteiger partial charge in [0.05, 0.1) is 36.0 Å². The van der Waals surface area contributed by atoms with E-state index in [-0.39, 0.29) is 23.0 Å². The van der Waals surface area contributed by atoms with E-state index in [4.69, 9.17) is 9.15 Å². The summed E-state index contributed by atoms with van der Waals surface area (Å²) in [5.41, 5.74) is -0.0122. The summed E-state index contributed by atoms with van der Waals surface area (Å²) in [5, 5.41) is 5.69. The predicted molar refractivity (Wildman–Crippen MR) is 150 cm³/mol. The van der Waals surface area contributed by atoms with E-state index in [2.05, 4.69) is 10.6 Å². The lowest BCUT2D eigenvalue weighted by atomic mass is 10.1. The van der Waals surface area contributed by atoms with Crippen LogP contribution in [0.15, 0.2) is 105 Å². The third-order valence-electron chi connectivity index (χ3n) is 6.17. The van der Waals surface area contributed by atoms with Crippen LogP contribution in [0, 0.1) is 0 Å². The van der Waals surface area contributed by atoms with Gasteiger partial charge in [-0.25, -0.2) is 9.36 Å². The molecular formula is C30H26N4O6. The minimum absolute atomic E-state index is 0.162. The van der Waals surface area contributed by atoms with Crippen molar-refractivity contribution in [3.05, 3.63) is 123 Å². The number of fused-ring (bicyclic) bond motifs is 1. The first kappa shape index (κ1) is 26.2. The van der Waals surface area contributed by atoms with Crippen LogP contribution in [0.2, 0.25) is 0 Å². The van der Waals surface area contributed by atoms with Gasteiger partial charge in [0.15, 0.2) is 0 Å². The first-order valence-corrected chi connectivity index (χ1v) is 12.6. The molecule has 2 heterocycles. The molecule has 0 saturated carbocycles. The third-order valence-corrected chi connectivity index (χ3v) is 6.17. The van der Waals surface area contributed by atoms with Crippen molar-refractivity contribution in [2.45, 2.75) is 20.0 Å². The summed E-state index contributed by atoms with van der Waals surface area (Å²) in [4.78, 5) is 53.1. The van der Waals surface area contributed by atoms with Crippen LogP contribution in [0.5, 0.6) is 5.75 Å². The summed E-state index contributed by atoms with van der Waals surface area (Å²) in [7, 11) is 0. The molecule has 0 aliphatic heterocycles. The SMILES string of the molecule is CCOc1ccc(NC(=O)Cn2c(=O)n(-c3ccccc3)c(=O)c3ccc(C(=O)NCc4ccco4)cc32)cc1. The van der Waals surface area contributed by atoms with Crippen LogP contribution in [0.25, 0.3) is 16.6 Å². The van der Waals surface area contributed by atoms with Gasteiger partial charge in [-0.1, -0.05) is 18.2 Å². The number of anilines is 1. The van der Waals surface area contributed by atoms with Gasteiger partial charge < -0.3 is 19.8 Å². The molecule has 0 aliphatic carbocycles. The van der Waals surface area contributed by atoms with Crippen LogP contribution in [0.4, 0.5) is 5.69 Å². The van der Waals surface area contributed by atoms with Gasteiger partial charge in [-0.2, -0.15) is 0 Å². The molecule has 40 heavy (non-hydrogen) atoms. The summed E-state index contributed by atoms with van der Waals surface area (Å²) < 4.78 is 12.9.